The summed E-state index contributed by atoms with van der Waals surface area (Å²) in [5.74, 6) is -1.28. The summed E-state index contributed by atoms with van der Waals surface area (Å²) in [7, 11) is -3.78. The van der Waals surface area contributed by atoms with Crippen molar-refractivity contribution in [1.29, 1.82) is 0 Å². The van der Waals surface area contributed by atoms with Crippen molar-refractivity contribution in [3.8, 4) is 0 Å². The van der Waals surface area contributed by atoms with Gasteiger partial charge in [0.05, 0.1) is 16.0 Å². The number of fused-ring (bicyclic) bond motifs is 1. The van der Waals surface area contributed by atoms with Crippen LogP contribution in [0.4, 0.5) is 18.9 Å². The van der Waals surface area contributed by atoms with Gasteiger partial charge >= 0.3 is 6.18 Å². The van der Waals surface area contributed by atoms with E-state index >= 15 is 0 Å². The molecule has 2 amide bonds. The Bertz CT molecular complexity index is 1710. The van der Waals surface area contributed by atoms with Crippen LogP contribution in [0.3, 0.4) is 0 Å². The highest BCUT2D eigenvalue weighted by atomic mass is 32.2. The second-order valence-corrected chi connectivity index (χ2v) is 12.0. The molecule has 0 saturated carbocycles. The second-order valence-electron chi connectivity index (χ2n) is 10.1. The monoisotopic (exact) mass is 599 g/mol. The molecule has 1 aliphatic heterocycles. The molecule has 1 aliphatic rings. The third-order valence-corrected chi connectivity index (χ3v) is 9.10. The third-order valence-electron chi connectivity index (χ3n) is 7.19. The van der Waals surface area contributed by atoms with Gasteiger partial charge in [0.2, 0.25) is 15.9 Å². The number of nitrogens with zero attached hydrogens (tertiary/aromatic N) is 3. The third kappa shape index (κ3) is 6.16. The summed E-state index contributed by atoms with van der Waals surface area (Å²) in [4.78, 5) is 24.4. The van der Waals surface area contributed by atoms with E-state index in [1.54, 1.807) is 36.4 Å². The van der Waals surface area contributed by atoms with Gasteiger partial charge in [-0.3, -0.25) is 9.59 Å². The van der Waals surface area contributed by atoms with E-state index in [0.29, 0.717) is 24.1 Å². The normalized spacial score (nSPS) is 15.0. The van der Waals surface area contributed by atoms with Gasteiger partial charge in [0, 0.05) is 38.4 Å². The number of carbonyl (C=O) groups is 2. The van der Waals surface area contributed by atoms with Crippen molar-refractivity contribution < 1.29 is 31.2 Å². The lowest BCUT2D eigenvalue weighted by Gasteiger charge is -2.31. The molecule has 0 bridgehead atoms. The van der Waals surface area contributed by atoms with Crippen molar-refractivity contribution >= 4 is 33.0 Å². The molecule has 9 nitrogen and oxygen atoms in total. The number of hydrogen-bond acceptors (Lipinski definition) is 5. The zero-order valence-corrected chi connectivity index (χ0v) is 23.4. The fourth-order valence-corrected chi connectivity index (χ4v) is 6.57. The Morgan fingerprint density at radius 1 is 1.00 bits per heavy atom. The fraction of sp³-hybridized carbons (Fsp3) is 0.276. The molecule has 1 saturated heterocycles. The van der Waals surface area contributed by atoms with E-state index < -0.39 is 33.4 Å². The Morgan fingerprint density at radius 3 is 2.29 bits per heavy atom. The summed E-state index contributed by atoms with van der Waals surface area (Å²) in [6.07, 6.45) is -2.57. The van der Waals surface area contributed by atoms with Crippen molar-refractivity contribution in [2.24, 2.45) is 0 Å². The van der Waals surface area contributed by atoms with Gasteiger partial charge < -0.3 is 10.6 Å². The standard InChI is InChI=1S/C29H28F3N5O4S/c1-19(38)34-23-7-9-24(10-8-23)42(40,41)36-14-11-21(12-15-36)22-13-16-37-25(17-22)26(27(35-37)29(30,31)32)28(39)33-18-20-5-3-2-4-6-20/h2-10,13,16-17,21H,11-12,14-15,18H2,1H3,(H,33,39)(H,34,38). The highest BCUT2D eigenvalue weighted by Crippen LogP contribution is 2.36. The maximum atomic E-state index is 13.9. The van der Waals surface area contributed by atoms with E-state index in [9.17, 15) is 31.2 Å². The SMILES string of the molecule is CC(=O)Nc1ccc(S(=O)(=O)N2CCC(c3ccn4nc(C(F)(F)F)c(C(=O)NCc5ccccc5)c4c3)CC2)cc1. The number of aromatic nitrogens is 2. The van der Waals surface area contributed by atoms with E-state index in [0.717, 1.165) is 10.1 Å². The number of pyridine rings is 1. The number of anilines is 1. The molecule has 0 atom stereocenters. The van der Waals surface area contributed by atoms with E-state index in [1.165, 1.54) is 47.8 Å². The Labute approximate surface area is 240 Å². The van der Waals surface area contributed by atoms with Crippen molar-refractivity contribution in [2.75, 3.05) is 18.4 Å². The zero-order chi connectivity index (χ0) is 30.1. The molecule has 4 aromatic rings. The molecule has 2 aromatic carbocycles. The quantitative estimate of drug-likeness (QED) is 0.317. The number of hydrogen-bond donors (Lipinski definition) is 2. The van der Waals surface area contributed by atoms with Crippen LogP contribution in [0.5, 0.6) is 0 Å². The molecule has 0 radical (unpaired) electrons. The first-order chi connectivity index (χ1) is 19.9. The van der Waals surface area contributed by atoms with E-state index in [4.69, 9.17) is 0 Å². The minimum absolute atomic E-state index is 0.0275. The number of nitrogens with one attached hydrogen (secondary N) is 2. The molecule has 3 heterocycles. The molecule has 2 aromatic heterocycles. The number of alkyl halides is 3. The first-order valence-electron chi connectivity index (χ1n) is 13.2. The predicted octanol–water partition coefficient (Wildman–Crippen LogP) is 4.81. The van der Waals surface area contributed by atoms with Crippen LogP contribution in [-0.2, 0) is 27.5 Å². The molecule has 1 fully saturated rings. The number of carbonyl (C=O) groups excluding carboxylic acids is 2. The Kier molecular flexibility index (Phi) is 8.06. The fourth-order valence-electron chi connectivity index (χ4n) is 5.10. The van der Waals surface area contributed by atoms with Gasteiger partial charge in [-0.25, -0.2) is 12.9 Å². The van der Waals surface area contributed by atoms with Gasteiger partial charge in [-0.15, -0.1) is 0 Å². The Balaban J connectivity index is 1.35. The molecular weight excluding hydrogens is 571 g/mol. The second kappa shape index (κ2) is 11.6. The summed E-state index contributed by atoms with van der Waals surface area (Å²) >= 11 is 0. The summed E-state index contributed by atoms with van der Waals surface area (Å²) in [5.41, 5.74) is 0.127. The summed E-state index contributed by atoms with van der Waals surface area (Å²) in [6.45, 7) is 1.83. The van der Waals surface area contributed by atoms with Gasteiger partial charge in [-0.05, 0) is 66.3 Å². The van der Waals surface area contributed by atoms with Crippen LogP contribution in [-0.4, -0.2) is 47.2 Å². The van der Waals surface area contributed by atoms with Gasteiger partial charge in [-0.2, -0.15) is 22.6 Å². The summed E-state index contributed by atoms with van der Waals surface area (Å²) < 4.78 is 70.5. The lowest BCUT2D eigenvalue weighted by molar-refractivity contribution is -0.141. The number of piperidine rings is 1. The number of halogens is 3. The summed E-state index contributed by atoms with van der Waals surface area (Å²) in [5, 5.41) is 8.83. The van der Waals surface area contributed by atoms with Crippen LogP contribution in [0.1, 0.15) is 52.9 Å². The maximum Gasteiger partial charge on any atom is 0.436 e. The first kappa shape index (κ1) is 29.3. The van der Waals surface area contributed by atoms with E-state index in [1.807, 2.05) is 0 Å². The molecule has 2 N–H and O–H groups in total. The molecule has 0 unspecified atom stereocenters. The molecule has 220 valence electrons. The van der Waals surface area contributed by atoms with Crippen LogP contribution < -0.4 is 10.6 Å². The smallest absolute Gasteiger partial charge is 0.348 e. The lowest BCUT2D eigenvalue weighted by atomic mass is 9.90. The topological polar surface area (TPSA) is 113 Å². The highest BCUT2D eigenvalue weighted by Gasteiger charge is 2.40. The largest absolute Gasteiger partial charge is 0.436 e. The number of amides is 2. The van der Waals surface area contributed by atoms with Gasteiger partial charge in [0.15, 0.2) is 5.69 Å². The molecular formula is C29H28F3N5O4S. The Hall–Kier alpha value is -4.23. The van der Waals surface area contributed by atoms with Crippen LogP contribution in [0, 0.1) is 0 Å². The minimum Gasteiger partial charge on any atom is -0.348 e. The van der Waals surface area contributed by atoms with Crippen molar-refractivity contribution in [3.63, 3.8) is 0 Å². The predicted molar refractivity (Wildman–Crippen MR) is 149 cm³/mol. The van der Waals surface area contributed by atoms with Gasteiger partial charge in [-0.1, -0.05) is 30.3 Å². The highest BCUT2D eigenvalue weighted by molar-refractivity contribution is 7.89. The Morgan fingerprint density at radius 2 is 1.67 bits per heavy atom. The summed E-state index contributed by atoms with van der Waals surface area (Å²) in [6, 6.07) is 17.9. The maximum absolute atomic E-state index is 13.9. The lowest BCUT2D eigenvalue weighted by Crippen LogP contribution is -2.37. The van der Waals surface area contributed by atoms with Crippen molar-refractivity contribution in [1.82, 2.24) is 19.2 Å². The minimum atomic E-state index is -4.84. The van der Waals surface area contributed by atoms with Gasteiger partial charge in [0.1, 0.15) is 0 Å². The van der Waals surface area contributed by atoms with Crippen molar-refractivity contribution in [2.45, 2.75) is 43.3 Å². The molecule has 42 heavy (non-hydrogen) atoms. The molecule has 5 rings (SSSR count). The number of rotatable bonds is 7. The van der Waals surface area contributed by atoms with E-state index in [-0.39, 0.29) is 41.9 Å². The molecule has 13 heteroatoms. The van der Waals surface area contributed by atoms with Crippen LogP contribution in [0.25, 0.3) is 5.52 Å². The van der Waals surface area contributed by atoms with Gasteiger partial charge in [0.25, 0.3) is 5.91 Å². The molecule has 0 aliphatic carbocycles. The van der Waals surface area contributed by atoms with Crippen LogP contribution in [0.2, 0.25) is 0 Å². The average Bonchev–Trinajstić information content (AvgIpc) is 3.36. The zero-order valence-electron chi connectivity index (χ0n) is 22.6. The van der Waals surface area contributed by atoms with Crippen molar-refractivity contribution in [3.05, 3.63) is 95.3 Å². The molecule has 0 spiro atoms. The van der Waals surface area contributed by atoms with E-state index in [2.05, 4.69) is 15.7 Å². The number of sulfonamides is 1. The number of benzene rings is 2. The first-order valence-corrected chi connectivity index (χ1v) is 14.7. The van der Waals surface area contributed by atoms with Crippen LogP contribution in [0.15, 0.2) is 77.8 Å². The van der Waals surface area contributed by atoms with Crippen LogP contribution >= 0.6 is 0 Å². The average molecular weight is 600 g/mol.